The molecule has 0 bridgehead atoms. The first-order valence-electron chi connectivity index (χ1n) is 5.91. The zero-order valence-corrected chi connectivity index (χ0v) is 12.7. The molecular weight excluding hydrogens is 327 g/mol. The van der Waals surface area contributed by atoms with Gasteiger partial charge >= 0.3 is 0 Å². The molecule has 0 spiro atoms. The van der Waals surface area contributed by atoms with Gasteiger partial charge in [-0.2, -0.15) is 4.39 Å². The summed E-state index contributed by atoms with van der Waals surface area (Å²) in [7, 11) is 3.16. The molecule has 1 aromatic heterocycles. The van der Waals surface area contributed by atoms with Gasteiger partial charge in [0.1, 0.15) is 5.82 Å². The summed E-state index contributed by atoms with van der Waals surface area (Å²) in [5.41, 5.74) is 0.953. The van der Waals surface area contributed by atoms with Gasteiger partial charge in [-0.3, -0.25) is 0 Å². The van der Waals surface area contributed by atoms with Crippen LogP contribution in [0, 0.1) is 5.95 Å². The summed E-state index contributed by atoms with van der Waals surface area (Å²) in [5, 5.41) is 3.05. The SMILES string of the molecule is COc1cc(Br)c(CNc2cccc(F)n2)cc1OC. The van der Waals surface area contributed by atoms with Crippen LogP contribution in [-0.2, 0) is 6.54 Å². The standard InChI is InChI=1S/C14H14BrFN2O2/c1-19-11-6-9(10(15)7-12(11)20-2)8-17-14-5-3-4-13(16)18-14/h3-7H,8H2,1-2H3,(H,17,18). The van der Waals surface area contributed by atoms with Crippen molar-refractivity contribution in [2.45, 2.75) is 6.54 Å². The van der Waals surface area contributed by atoms with Gasteiger partial charge in [0, 0.05) is 11.0 Å². The van der Waals surface area contributed by atoms with Crippen molar-refractivity contribution < 1.29 is 13.9 Å². The second-order valence-electron chi connectivity index (χ2n) is 4.00. The van der Waals surface area contributed by atoms with E-state index in [1.54, 1.807) is 26.4 Å². The van der Waals surface area contributed by atoms with Gasteiger partial charge in [-0.25, -0.2) is 4.98 Å². The first kappa shape index (κ1) is 14.6. The van der Waals surface area contributed by atoms with Crippen LogP contribution < -0.4 is 14.8 Å². The summed E-state index contributed by atoms with van der Waals surface area (Å²) in [6, 6.07) is 8.30. The fourth-order valence-corrected chi connectivity index (χ4v) is 2.19. The van der Waals surface area contributed by atoms with Gasteiger partial charge in [-0.15, -0.1) is 0 Å². The largest absolute Gasteiger partial charge is 0.493 e. The van der Waals surface area contributed by atoms with E-state index in [2.05, 4.69) is 26.2 Å². The Balaban J connectivity index is 2.17. The topological polar surface area (TPSA) is 43.4 Å². The third-order valence-corrected chi connectivity index (χ3v) is 3.47. The highest BCUT2D eigenvalue weighted by Crippen LogP contribution is 2.33. The molecule has 0 radical (unpaired) electrons. The van der Waals surface area contributed by atoms with E-state index in [-0.39, 0.29) is 0 Å². The fourth-order valence-electron chi connectivity index (χ4n) is 1.72. The van der Waals surface area contributed by atoms with Crippen LogP contribution >= 0.6 is 15.9 Å². The third kappa shape index (κ3) is 3.39. The average molecular weight is 341 g/mol. The predicted octanol–water partition coefficient (Wildman–Crippen LogP) is 3.61. The minimum Gasteiger partial charge on any atom is -0.493 e. The summed E-state index contributed by atoms with van der Waals surface area (Å²) >= 11 is 3.47. The van der Waals surface area contributed by atoms with Gasteiger partial charge in [-0.1, -0.05) is 22.0 Å². The lowest BCUT2D eigenvalue weighted by atomic mass is 10.2. The Hall–Kier alpha value is -1.82. The zero-order valence-electron chi connectivity index (χ0n) is 11.1. The van der Waals surface area contributed by atoms with E-state index >= 15 is 0 Å². The number of hydrogen-bond acceptors (Lipinski definition) is 4. The highest BCUT2D eigenvalue weighted by molar-refractivity contribution is 9.10. The molecule has 0 aliphatic carbocycles. The Morgan fingerprint density at radius 3 is 2.55 bits per heavy atom. The molecule has 0 fully saturated rings. The van der Waals surface area contributed by atoms with Crippen molar-refractivity contribution in [1.82, 2.24) is 4.98 Å². The number of pyridine rings is 1. The van der Waals surface area contributed by atoms with E-state index < -0.39 is 5.95 Å². The molecule has 4 nitrogen and oxygen atoms in total. The van der Waals surface area contributed by atoms with Gasteiger partial charge in [0.15, 0.2) is 11.5 Å². The molecule has 20 heavy (non-hydrogen) atoms. The summed E-state index contributed by atoms with van der Waals surface area (Å²) < 4.78 is 24.3. The molecule has 0 aliphatic heterocycles. The van der Waals surface area contributed by atoms with Gasteiger partial charge in [0.25, 0.3) is 0 Å². The number of nitrogens with zero attached hydrogens (tertiary/aromatic N) is 1. The Labute approximate surface area is 125 Å². The number of methoxy groups -OCH3 is 2. The number of hydrogen-bond donors (Lipinski definition) is 1. The van der Waals surface area contributed by atoms with Crippen molar-refractivity contribution in [2.75, 3.05) is 19.5 Å². The van der Waals surface area contributed by atoms with Crippen LogP contribution in [0.5, 0.6) is 11.5 Å². The molecule has 106 valence electrons. The van der Waals surface area contributed by atoms with Crippen molar-refractivity contribution in [3.63, 3.8) is 0 Å². The van der Waals surface area contributed by atoms with Gasteiger partial charge in [-0.05, 0) is 29.8 Å². The number of nitrogens with one attached hydrogen (secondary N) is 1. The Morgan fingerprint density at radius 2 is 1.90 bits per heavy atom. The van der Waals surface area contributed by atoms with Crippen LogP contribution in [-0.4, -0.2) is 19.2 Å². The molecule has 6 heteroatoms. The highest BCUT2D eigenvalue weighted by atomic mass is 79.9. The molecule has 1 N–H and O–H groups in total. The van der Waals surface area contributed by atoms with Gasteiger partial charge in [0.2, 0.25) is 5.95 Å². The minimum atomic E-state index is -0.513. The quantitative estimate of drug-likeness (QED) is 0.844. The number of ether oxygens (including phenoxy) is 2. The van der Waals surface area contributed by atoms with Crippen molar-refractivity contribution in [2.24, 2.45) is 0 Å². The van der Waals surface area contributed by atoms with Crippen LogP contribution in [0.25, 0.3) is 0 Å². The smallest absolute Gasteiger partial charge is 0.214 e. The maximum absolute atomic E-state index is 13.0. The van der Waals surface area contributed by atoms with Crippen LogP contribution in [0.15, 0.2) is 34.8 Å². The van der Waals surface area contributed by atoms with Gasteiger partial charge in [0.05, 0.1) is 14.2 Å². The molecular formula is C14H14BrFN2O2. The predicted molar refractivity (Wildman–Crippen MR) is 78.8 cm³/mol. The van der Waals surface area contributed by atoms with Crippen LogP contribution in [0.3, 0.4) is 0 Å². The summed E-state index contributed by atoms with van der Waals surface area (Å²) in [4.78, 5) is 3.75. The van der Waals surface area contributed by atoms with Crippen LogP contribution in [0.4, 0.5) is 10.2 Å². The summed E-state index contributed by atoms with van der Waals surface area (Å²) in [5.74, 6) is 1.25. The molecule has 0 unspecified atom stereocenters. The average Bonchev–Trinajstić information content (AvgIpc) is 2.45. The molecule has 1 heterocycles. The number of halogens is 2. The summed E-state index contributed by atoms with van der Waals surface area (Å²) in [6.07, 6.45) is 0. The van der Waals surface area contributed by atoms with Crippen molar-refractivity contribution in [3.8, 4) is 11.5 Å². The Morgan fingerprint density at radius 1 is 1.20 bits per heavy atom. The highest BCUT2D eigenvalue weighted by Gasteiger charge is 2.09. The normalized spacial score (nSPS) is 10.2. The first-order valence-corrected chi connectivity index (χ1v) is 6.70. The van der Waals surface area contributed by atoms with Crippen LogP contribution in [0.1, 0.15) is 5.56 Å². The van der Waals surface area contributed by atoms with E-state index in [0.29, 0.717) is 23.9 Å². The van der Waals surface area contributed by atoms with E-state index in [1.807, 2.05) is 12.1 Å². The lowest BCUT2D eigenvalue weighted by Crippen LogP contribution is -2.03. The second kappa shape index (κ2) is 6.56. The molecule has 2 aromatic rings. The minimum absolute atomic E-state index is 0.478. The maximum Gasteiger partial charge on any atom is 0.214 e. The molecule has 2 rings (SSSR count). The molecule has 0 aliphatic rings. The Kier molecular flexibility index (Phi) is 4.79. The molecule has 0 saturated heterocycles. The number of anilines is 1. The van der Waals surface area contributed by atoms with Gasteiger partial charge < -0.3 is 14.8 Å². The third-order valence-electron chi connectivity index (χ3n) is 2.73. The lowest BCUT2D eigenvalue weighted by molar-refractivity contribution is 0.354. The van der Waals surface area contributed by atoms with Crippen LogP contribution in [0.2, 0.25) is 0 Å². The lowest BCUT2D eigenvalue weighted by Gasteiger charge is -2.12. The van der Waals surface area contributed by atoms with Crippen molar-refractivity contribution >= 4 is 21.7 Å². The molecule has 0 saturated carbocycles. The second-order valence-corrected chi connectivity index (χ2v) is 4.85. The molecule has 0 amide bonds. The first-order chi connectivity index (χ1) is 9.63. The zero-order chi connectivity index (χ0) is 14.5. The Bertz CT molecular complexity index is 608. The van der Waals surface area contributed by atoms with E-state index in [0.717, 1.165) is 10.0 Å². The van der Waals surface area contributed by atoms with E-state index in [9.17, 15) is 4.39 Å². The summed E-state index contributed by atoms with van der Waals surface area (Å²) in [6.45, 7) is 0.484. The molecule has 0 atom stereocenters. The monoisotopic (exact) mass is 340 g/mol. The number of benzene rings is 1. The molecule has 1 aromatic carbocycles. The fraction of sp³-hybridized carbons (Fsp3) is 0.214. The van der Waals surface area contributed by atoms with Crippen molar-refractivity contribution in [3.05, 3.63) is 46.3 Å². The van der Waals surface area contributed by atoms with E-state index in [4.69, 9.17) is 9.47 Å². The number of rotatable bonds is 5. The van der Waals surface area contributed by atoms with Crippen molar-refractivity contribution in [1.29, 1.82) is 0 Å². The van der Waals surface area contributed by atoms with E-state index in [1.165, 1.54) is 6.07 Å². The maximum atomic E-state index is 13.0. The number of aromatic nitrogens is 1.